The molecule has 9 heteroatoms. The highest BCUT2D eigenvalue weighted by molar-refractivity contribution is 7.99. The van der Waals surface area contributed by atoms with Crippen molar-refractivity contribution in [1.29, 1.82) is 0 Å². The molecule has 0 unspecified atom stereocenters. The molecule has 2 heterocycles. The Hall–Kier alpha value is -2.94. The summed E-state index contributed by atoms with van der Waals surface area (Å²) in [5.74, 6) is 1.67. The highest BCUT2D eigenvalue weighted by atomic mass is 32.2. The number of aromatic nitrogens is 4. The lowest BCUT2D eigenvalue weighted by Gasteiger charge is -2.15. The minimum atomic E-state index is -0.412. The summed E-state index contributed by atoms with van der Waals surface area (Å²) >= 11 is 1.36. The summed E-state index contributed by atoms with van der Waals surface area (Å²) in [5, 5.41) is 0.853. The topological polar surface area (TPSA) is 96.1 Å². The zero-order valence-corrected chi connectivity index (χ0v) is 19.2. The molecule has 0 saturated carbocycles. The Bertz CT molecular complexity index is 1250. The number of hydrogen-bond donors (Lipinski definition) is 0. The van der Waals surface area contributed by atoms with Crippen molar-refractivity contribution >= 4 is 28.6 Å². The first kappa shape index (κ1) is 22.7. The molecule has 0 aliphatic rings. The monoisotopic (exact) mass is 442 g/mol. The maximum atomic E-state index is 12.9. The smallest absolute Gasteiger partial charge is 0.332 e. The summed E-state index contributed by atoms with van der Waals surface area (Å²) < 4.78 is 8.43. The van der Waals surface area contributed by atoms with E-state index in [0.717, 1.165) is 4.57 Å². The standard InChI is InChI=1S/C22H26N4O4S/c1-13(2)12-26-19-18(21(28)25(5)22(26)29)20(24-15(4)23-19)31-11-10-30-17-9-7-6-8-16(17)14(3)27/h6-9,13H,10-12H2,1-5H3. The van der Waals surface area contributed by atoms with Crippen molar-refractivity contribution in [1.82, 2.24) is 19.1 Å². The molecule has 0 atom stereocenters. The van der Waals surface area contributed by atoms with Crippen molar-refractivity contribution in [2.75, 3.05) is 12.4 Å². The summed E-state index contributed by atoms with van der Waals surface area (Å²) in [6.45, 7) is 8.02. The molecule has 3 rings (SSSR count). The summed E-state index contributed by atoms with van der Waals surface area (Å²) in [5.41, 5.74) is 0.0943. The van der Waals surface area contributed by atoms with E-state index in [1.807, 2.05) is 19.9 Å². The first-order valence-electron chi connectivity index (χ1n) is 10.0. The third-order valence-corrected chi connectivity index (χ3v) is 5.59. The Morgan fingerprint density at radius 1 is 1.19 bits per heavy atom. The van der Waals surface area contributed by atoms with Gasteiger partial charge in [-0.1, -0.05) is 26.0 Å². The largest absolute Gasteiger partial charge is 0.492 e. The van der Waals surface area contributed by atoms with Crippen molar-refractivity contribution in [3.8, 4) is 5.75 Å². The Morgan fingerprint density at radius 3 is 2.58 bits per heavy atom. The molecule has 0 aliphatic carbocycles. The molecular weight excluding hydrogens is 416 g/mol. The van der Waals surface area contributed by atoms with E-state index in [0.29, 0.717) is 52.1 Å². The number of Topliss-reactive ketones (excluding diaryl/α,β-unsaturated/α-hetero) is 1. The molecule has 0 radical (unpaired) electrons. The number of aryl methyl sites for hydroxylation is 1. The lowest BCUT2D eigenvalue weighted by atomic mass is 10.1. The third-order valence-electron chi connectivity index (χ3n) is 4.65. The zero-order chi connectivity index (χ0) is 22.7. The number of carbonyl (C=O) groups excluding carboxylic acids is 1. The van der Waals surface area contributed by atoms with Crippen LogP contribution in [0, 0.1) is 12.8 Å². The summed E-state index contributed by atoms with van der Waals surface area (Å²) in [4.78, 5) is 46.2. The molecule has 0 aliphatic heterocycles. The lowest BCUT2D eigenvalue weighted by molar-refractivity contribution is 0.101. The molecule has 0 N–H and O–H groups in total. The average Bonchev–Trinajstić information content (AvgIpc) is 2.72. The first-order valence-corrected chi connectivity index (χ1v) is 11.0. The normalized spacial score (nSPS) is 11.3. The molecule has 0 spiro atoms. The molecule has 31 heavy (non-hydrogen) atoms. The molecule has 3 aromatic rings. The van der Waals surface area contributed by atoms with E-state index in [9.17, 15) is 14.4 Å². The van der Waals surface area contributed by atoms with Crippen LogP contribution in [0.15, 0.2) is 38.9 Å². The van der Waals surface area contributed by atoms with Crippen LogP contribution in [0.5, 0.6) is 5.75 Å². The van der Waals surface area contributed by atoms with Gasteiger partial charge in [-0.3, -0.25) is 18.7 Å². The van der Waals surface area contributed by atoms with Gasteiger partial charge in [0.05, 0.1) is 12.2 Å². The van der Waals surface area contributed by atoms with Crippen LogP contribution in [0.4, 0.5) is 0 Å². The molecule has 2 aromatic heterocycles. The fourth-order valence-corrected chi connectivity index (χ4v) is 4.13. The van der Waals surface area contributed by atoms with E-state index < -0.39 is 5.56 Å². The SMILES string of the molecule is CC(=O)c1ccccc1OCCSc1nc(C)nc2c1c(=O)n(C)c(=O)n2CC(C)C. The fraction of sp³-hybridized carbons (Fsp3) is 0.409. The third kappa shape index (κ3) is 4.87. The van der Waals surface area contributed by atoms with Crippen LogP contribution < -0.4 is 16.0 Å². The van der Waals surface area contributed by atoms with Crippen LogP contribution in [0.25, 0.3) is 11.0 Å². The Labute approximate surface area is 184 Å². The quantitative estimate of drug-likeness (QED) is 0.229. The van der Waals surface area contributed by atoms with Crippen molar-refractivity contribution in [2.24, 2.45) is 13.0 Å². The number of ketones is 1. The van der Waals surface area contributed by atoms with Crippen LogP contribution >= 0.6 is 11.8 Å². The maximum Gasteiger partial charge on any atom is 0.332 e. The van der Waals surface area contributed by atoms with Crippen LogP contribution in [0.2, 0.25) is 0 Å². The Morgan fingerprint density at radius 2 is 1.90 bits per heavy atom. The van der Waals surface area contributed by atoms with Crippen molar-refractivity contribution < 1.29 is 9.53 Å². The van der Waals surface area contributed by atoms with Gasteiger partial charge < -0.3 is 4.74 Å². The van der Waals surface area contributed by atoms with Crippen LogP contribution in [0.1, 0.15) is 37.0 Å². The lowest BCUT2D eigenvalue weighted by Crippen LogP contribution is -2.39. The number of thioether (sulfide) groups is 1. The molecule has 164 valence electrons. The minimum absolute atomic E-state index is 0.0627. The summed E-state index contributed by atoms with van der Waals surface area (Å²) in [6, 6.07) is 7.09. The number of hydrogen-bond acceptors (Lipinski definition) is 7. The van der Waals surface area contributed by atoms with Crippen molar-refractivity contribution in [3.63, 3.8) is 0 Å². The molecule has 0 fully saturated rings. The van der Waals surface area contributed by atoms with E-state index in [-0.39, 0.29) is 17.4 Å². The molecular formula is C22H26N4O4S. The predicted octanol–water partition coefficient (Wildman–Crippen LogP) is 2.83. The Kier molecular flexibility index (Phi) is 6.94. The van der Waals surface area contributed by atoms with Gasteiger partial charge in [-0.2, -0.15) is 0 Å². The van der Waals surface area contributed by atoms with Gasteiger partial charge in [0.1, 0.15) is 22.0 Å². The molecule has 0 amide bonds. The van der Waals surface area contributed by atoms with Gasteiger partial charge in [0.15, 0.2) is 11.4 Å². The summed E-state index contributed by atoms with van der Waals surface area (Å²) in [7, 11) is 1.47. The van der Waals surface area contributed by atoms with E-state index in [2.05, 4.69) is 9.97 Å². The van der Waals surface area contributed by atoms with Crippen LogP contribution in [-0.2, 0) is 13.6 Å². The van der Waals surface area contributed by atoms with E-state index in [1.54, 1.807) is 29.7 Å². The zero-order valence-electron chi connectivity index (χ0n) is 18.3. The van der Waals surface area contributed by atoms with Crippen molar-refractivity contribution in [3.05, 3.63) is 56.5 Å². The second kappa shape index (κ2) is 9.47. The molecule has 0 bridgehead atoms. The number of carbonyl (C=O) groups is 1. The molecule has 0 saturated heterocycles. The van der Waals surface area contributed by atoms with Gasteiger partial charge in [0, 0.05) is 19.3 Å². The van der Waals surface area contributed by atoms with Crippen LogP contribution in [-0.4, -0.2) is 37.2 Å². The molecule has 1 aromatic carbocycles. The summed E-state index contributed by atoms with van der Waals surface area (Å²) in [6.07, 6.45) is 0. The van der Waals surface area contributed by atoms with E-state index >= 15 is 0 Å². The highest BCUT2D eigenvalue weighted by Crippen LogP contribution is 2.24. The predicted molar refractivity (Wildman–Crippen MR) is 121 cm³/mol. The van der Waals surface area contributed by atoms with Gasteiger partial charge in [0.25, 0.3) is 5.56 Å². The van der Waals surface area contributed by atoms with Gasteiger partial charge in [-0.25, -0.2) is 14.8 Å². The van der Waals surface area contributed by atoms with Gasteiger partial charge in [-0.05, 0) is 31.9 Å². The number of benzene rings is 1. The maximum absolute atomic E-state index is 12.9. The number of para-hydroxylation sites is 1. The fourth-order valence-electron chi connectivity index (χ4n) is 3.25. The second-order valence-corrected chi connectivity index (χ2v) is 8.76. The number of ether oxygens (including phenoxy) is 1. The van der Waals surface area contributed by atoms with Gasteiger partial charge in [-0.15, -0.1) is 11.8 Å². The van der Waals surface area contributed by atoms with Gasteiger partial charge in [0.2, 0.25) is 0 Å². The van der Waals surface area contributed by atoms with E-state index in [4.69, 9.17) is 4.74 Å². The second-order valence-electron chi connectivity index (χ2n) is 7.68. The van der Waals surface area contributed by atoms with Crippen molar-refractivity contribution in [2.45, 2.75) is 39.3 Å². The minimum Gasteiger partial charge on any atom is -0.492 e. The number of rotatable bonds is 8. The number of nitrogens with zero attached hydrogens (tertiary/aromatic N) is 4. The highest BCUT2D eigenvalue weighted by Gasteiger charge is 2.18. The number of fused-ring (bicyclic) bond motifs is 1. The molecule has 8 nitrogen and oxygen atoms in total. The average molecular weight is 443 g/mol. The first-order chi connectivity index (χ1) is 14.7. The van der Waals surface area contributed by atoms with Gasteiger partial charge >= 0.3 is 5.69 Å². The van der Waals surface area contributed by atoms with E-state index in [1.165, 1.54) is 25.7 Å². The Balaban J connectivity index is 1.91. The van der Waals surface area contributed by atoms with Crippen LogP contribution in [0.3, 0.4) is 0 Å².